The molecule has 0 N–H and O–H groups in total. The lowest BCUT2D eigenvalue weighted by atomic mass is 9.66. The van der Waals surface area contributed by atoms with Crippen LogP contribution in [0.2, 0.25) is 0 Å². The van der Waals surface area contributed by atoms with Crippen molar-refractivity contribution in [3.63, 3.8) is 0 Å². The van der Waals surface area contributed by atoms with Gasteiger partial charge in [-0.1, -0.05) is 65.7 Å². The number of carbonyl (C=O) groups excluding carboxylic acids is 1. The predicted molar refractivity (Wildman–Crippen MR) is 78.7 cm³/mol. The Kier molecular flexibility index (Phi) is 6.96. The molecule has 1 nitrogen and oxygen atoms in total. The van der Waals surface area contributed by atoms with Gasteiger partial charge in [0.2, 0.25) is 0 Å². The zero-order valence-electron chi connectivity index (χ0n) is 12.8. The van der Waals surface area contributed by atoms with Gasteiger partial charge in [-0.05, 0) is 24.7 Å². The lowest BCUT2D eigenvalue weighted by Crippen LogP contribution is -2.33. The van der Waals surface area contributed by atoms with E-state index in [1.807, 2.05) is 0 Å². The third kappa shape index (κ3) is 5.12. The summed E-state index contributed by atoms with van der Waals surface area (Å²) >= 11 is 0. The van der Waals surface area contributed by atoms with Gasteiger partial charge < -0.3 is 0 Å². The van der Waals surface area contributed by atoms with Gasteiger partial charge in [0.15, 0.2) is 0 Å². The second-order valence-corrected chi connectivity index (χ2v) is 6.77. The Morgan fingerprint density at radius 2 is 1.72 bits per heavy atom. The second-order valence-electron chi connectivity index (χ2n) is 6.77. The summed E-state index contributed by atoms with van der Waals surface area (Å²) in [5.74, 6) is 0.900. The Hall–Kier alpha value is -0.330. The highest BCUT2D eigenvalue weighted by molar-refractivity contribution is 5.81. The molecule has 1 fully saturated rings. The van der Waals surface area contributed by atoms with Crippen LogP contribution in [0.4, 0.5) is 0 Å². The van der Waals surface area contributed by atoms with Gasteiger partial charge in [0, 0.05) is 12.3 Å². The summed E-state index contributed by atoms with van der Waals surface area (Å²) in [6.45, 7) is 6.82. The summed E-state index contributed by atoms with van der Waals surface area (Å²) in [6.07, 6.45) is 13.5. The van der Waals surface area contributed by atoms with Gasteiger partial charge in [0.1, 0.15) is 5.78 Å². The van der Waals surface area contributed by atoms with Crippen LogP contribution in [-0.4, -0.2) is 5.78 Å². The fraction of sp³-hybridized carbons (Fsp3) is 0.941. The molecule has 106 valence electrons. The van der Waals surface area contributed by atoms with E-state index in [1.165, 1.54) is 51.4 Å². The Labute approximate surface area is 114 Å². The van der Waals surface area contributed by atoms with Crippen molar-refractivity contribution in [2.45, 2.75) is 91.4 Å². The molecule has 1 aliphatic rings. The largest absolute Gasteiger partial charge is 0.299 e. The van der Waals surface area contributed by atoms with Crippen LogP contribution in [0.5, 0.6) is 0 Å². The van der Waals surface area contributed by atoms with E-state index in [1.54, 1.807) is 0 Å². The average Bonchev–Trinajstić information content (AvgIpc) is 2.32. The van der Waals surface area contributed by atoms with E-state index in [9.17, 15) is 4.79 Å². The topological polar surface area (TPSA) is 17.1 Å². The monoisotopic (exact) mass is 252 g/mol. The molecule has 0 heterocycles. The Morgan fingerprint density at radius 1 is 1.06 bits per heavy atom. The van der Waals surface area contributed by atoms with E-state index in [0.29, 0.717) is 11.7 Å². The lowest BCUT2D eigenvalue weighted by molar-refractivity contribution is -0.128. The van der Waals surface area contributed by atoms with Crippen LogP contribution in [0.25, 0.3) is 0 Å². The van der Waals surface area contributed by atoms with Crippen LogP contribution in [0.1, 0.15) is 91.4 Å². The van der Waals surface area contributed by atoms with Crippen molar-refractivity contribution in [2.24, 2.45) is 11.3 Å². The Bertz CT molecular complexity index is 242. The molecule has 1 unspecified atom stereocenters. The number of rotatable bonds is 8. The molecule has 0 aromatic carbocycles. The van der Waals surface area contributed by atoms with Gasteiger partial charge in [-0.25, -0.2) is 0 Å². The number of Topliss-reactive ketones (excluding diaryl/α,β-unsaturated/α-hetero) is 1. The van der Waals surface area contributed by atoms with Crippen LogP contribution in [0.3, 0.4) is 0 Å². The van der Waals surface area contributed by atoms with E-state index >= 15 is 0 Å². The maximum atomic E-state index is 12.3. The first-order valence-corrected chi connectivity index (χ1v) is 8.10. The molecule has 1 aliphatic carbocycles. The van der Waals surface area contributed by atoms with Crippen molar-refractivity contribution in [1.82, 2.24) is 0 Å². The maximum Gasteiger partial charge on any atom is 0.136 e. The smallest absolute Gasteiger partial charge is 0.136 e. The molecular weight excluding hydrogens is 220 g/mol. The van der Waals surface area contributed by atoms with Gasteiger partial charge in [0.25, 0.3) is 0 Å². The van der Waals surface area contributed by atoms with Crippen molar-refractivity contribution in [3.8, 4) is 0 Å². The van der Waals surface area contributed by atoms with Crippen LogP contribution in [-0.2, 0) is 4.79 Å². The molecule has 0 aliphatic heterocycles. The van der Waals surface area contributed by atoms with E-state index in [4.69, 9.17) is 0 Å². The quantitative estimate of drug-likeness (QED) is 0.520. The van der Waals surface area contributed by atoms with Crippen molar-refractivity contribution in [1.29, 1.82) is 0 Å². The third-order valence-corrected chi connectivity index (χ3v) is 4.67. The van der Waals surface area contributed by atoms with Gasteiger partial charge >= 0.3 is 0 Å². The molecule has 0 saturated heterocycles. The van der Waals surface area contributed by atoms with Gasteiger partial charge in [0.05, 0.1) is 0 Å². The van der Waals surface area contributed by atoms with Crippen molar-refractivity contribution in [2.75, 3.05) is 0 Å². The fourth-order valence-electron chi connectivity index (χ4n) is 3.34. The summed E-state index contributed by atoms with van der Waals surface area (Å²) < 4.78 is 0. The average molecular weight is 252 g/mol. The maximum absolute atomic E-state index is 12.3. The SMILES string of the molecule is CCCCCCCCC(=O)C1CCCCC1(C)C. The summed E-state index contributed by atoms with van der Waals surface area (Å²) in [6, 6.07) is 0. The molecule has 1 heteroatoms. The van der Waals surface area contributed by atoms with Crippen LogP contribution in [0.15, 0.2) is 0 Å². The van der Waals surface area contributed by atoms with Crippen LogP contribution < -0.4 is 0 Å². The highest BCUT2D eigenvalue weighted by Gasteiger charge is 2.36. The van der Waals surface area contributed by atoms with Gasteiger partial charge in [-0.15, -0.1) is 0 Å². The molecule has 1 rings (SSSR count). The minimum Gasteiger partial charge on any atom is -0.299 e. The molecule has 18 heavy (non-hydrogen) atoms. The predicted octanol–water partition coefficient (Wildman–Crippen LogP) is 5.52. The zero-order valence-corrected chi connectivity index (χ0v) is 12.8. The van der Waals surface area contributed by atoms with Crippen LogP contribution >= 0.6 is 0 Å². The normalized spacial score (nSPS) is 22.9. The first kappa shape index (κ1) is 15.7. The molecular formula is C17H32O. The molecule has 1 saturated carbocycles. The Balaban J connectivity index is 2.19. The van der Waals surface area contributed by atoms with E-state index in [-0.39, 0.29) is 5.41 Å². The highest BCUT2D eigenvalue weighted by atomic mass is 16.1. The zero-order chi connectivity index (χ0) is 13.4. The summed E-state index contributed by atoms with van der Waals surface area (Å²) in [4.78, 5) is 12.3. The second kappa shape index (κ2) is 7.96. The van der Waals surface area contributed by atoms with Crippen molar-refractivity contribution >= 4 is 5.78 Å². The third-order valence-electron chi connectivity index (χ3n) is 4.67. The van der Waals surface area contributed by atoms with Gasteiger partial charge in [-0.2, -0.15) is 0 Å². The molecule has 0 radical (unpaired) electrons. The highest BCUT2D eigenvalue weighted by Crippen LogP contribution is 2.41. The summed E-state index contributed by atoms with van der Waals surface area (Å²) in [5, 5.41) is 0. The standard InChI is InChI=1S/C17H32O/c1-4-5-6-7-8-9-13-16(18)15-12-10-11-14-17(15,2)3/h15H,4-14H2,1-3H3. The van der Waals surface area contributed by atoms with E-state index in [2.05, 4.69) is 20.8 Å². The minimum atomic E-state index is 0.261. The number of carbonyl (C=O) groups is 1. The van der Waals surface area contributed by atoms with Gasteiger partial charge in [-0.3, -0.25) is 4.79 Å². The van der Waals surface area contributed by atoms with E-state index < -0.39 is 0 Å². The molecule has 0 bridgehead atoms. The molecule has 0 aromatic heterocycles. The lowest BCUT2D eigenvalue weighted by Gasteiger charge is -2.37. The number of hydrogen-bond acceptors (Lipinski definition) is 1. The molecule has 0 spiro atoms. The van der Waals surface area contributed by atoms with E-state index in [0.717, 1.165) is 19.3 Å². The first-order valence-electron chi connectivity index (χ1n) is 8.10. The summed E-state index contributed by atoms with van der Waals surface area (Å²) in [5.41, 5.74) is 0.261. The number of ketones is 1. The minimum absolute atomic E-state index is 0.261. The van der Waals surface area contributed by atoms with Crippen LogP contribution in [0, 0.1) is 11.3 Å². The molecule has 0 aromatic rings. The number of unbranched alkanes of at least 4 members (excludes halogenated alkanes) is 5. The molecule has 0 amide bonds. The van der Waals surface area contributed by atoms with Crippen molar-refractivity contribution in [3.05, 3.63) is 0 Å². The number of hydrogen-bond donors (Lipinski definition) is 0. The fourth-order valence-corrected chi connectivity index (χ4v) is 3.34. The van der Waals surface area contributed by atoms with Crippen molar-refractivity contribution < 1.29 is 4.79 Å². The molecule has 1 atom stereocenters. The first-order chi connectivity index (χ1) is 8.58. The summed E-state index contributed by atoms with van der Waals surface area (Å²) in [7, 11) is 0. The Morgan fingerprint density at radius 3 is 2.39 bits per heavy atom.